The summed E-state index contributed by atoms with van der Waals surface area (Å²) in [5.74, 6) is 0.204. The number of hydrogen-bond donors (Lipinski definition) is 4. The van der Waals surface area contributed by atoms with Crippen molar-refractivity contribution in [2.45, 2.75) is 0 Å². The minimum Gasteiger partial charge on any atom is -0.393 e. The molecular weight excluding hydrogens is 344 g/mol. The van der Waals surface area contributed by atoms with E-state index in [0.29, 0.717) is 17.1 Å². The highest BCUT2D eigenvalue weighted by Gasteiger charge is 2.11. The zero-order chi connectivity index (χ0) is 17.6. The van der Waals surface area contributed by atoms with Crippen LogP contribution in [0, 0.1) is 0 Å². The Hall–Kier alpha value is -3.46. The second-order valence-electron chi connectivity index (χ2n) is 4.77. The molecule has 3 rings (SSSR count). The molecule has 0 unspecified atom stereocenters. The molecule has 0 fully saturated rings. The van der Waals surface area contributed by atoms with E-state index in [2.05, 4.69) is 36.1 Å². The lowest BCUT2D eigenvalue weighted by molar-refractivity contribution is 0.0962. The number of rotatable bonds is 5. The van der Waals surface area contributed by atoms with Gasteiger partial charge in [-0.05, 0) is 24.3 Å². The molecule has 10 heteroatoms. The lowest BCUT2D eigenvalue weighted by Crippen LogP contribution is -2.30. The van der Waals surface area contributed by atoms with Gasteiger partial charge in [0.1, 0.15) is 12.0 Å². The lowest BCUT2D eigenvalue weighted by atomic mass is 10.3. The second-order valence-corrected chi connectivity index (χ2v) is 5.12. The van der Waals surface area contributed by atoms with Crippen molar-refractivity contribution in [2.24, 2.45) is 0 Å². The van der Waals surface area contributed by atoms with E-state index >= 15 is 0 Å². The molecule has 3 aromatic heterocycles. The van der Waals surface area contributed by atoms with Crippen molar-refractivity contribution in [3.63, 3.8) is 0 Å². The van der Waals surface area contributed by atoms with Crippen molar-refractivity contribution in [1.29, 1.82) is 0 Å². The summed E-state index contributed by atoms with van der Waals surface area (Å²) in [7, 11) is 0. The molecule has 0 bridgehead atoms. The van der Waals surface area contributed by atoms with Gasteiger partial charge < -0.3 is 11.1 Å². The van der Waals surface area contributed by atoms with Crippen LogP contribution in [0.25, 0.3) is 0 Å². The van der Waals surface area contributed by atoms with Crippen molar-refractivity contribution in [3.05, 3.63) is 59.9 Å². The molecule has 0 atom stereocenters. The molecule has 0 aliphatic carbocycles. The van der Waals surface area contributed by atoms with Gasteiger partial charge in [0.2, 0.25) is 0 Å². The number of hydrogen-bond acceptors (Lipinski definition) is 8. The zero-order valence-corrected chi connectivity index (χ0v) is 13.5. The van der Waals surface area contributed by atoms with Crippen LogP contribution >= 0.6 is 11.6 Å². The minimum atomic E-state index is -0.356. The number of pyridine rings is 2. The summed E-state index contributed by atoms with van der Waals surface area (Å²) in [5.41, 5.74) is 12.4. The Morgan fingerprint density at radius 3 is 2.56 bits per heavy atom. The van der Waals surface area contributed by atoms with Gasteiger partial charge in [0.25, 0.3) is 5.91 Å². The number of anilines is 4. The summed E-state index contributed by atoms with van der Waals surface area (Å²) < 4.78 is 0. The number of nitrogen functional groups attached to an aromatic ring is 1. The average Bonchev–Trinajstić information content (AvgIpc) is 2.64. The summed E-state index contributed by atoms with van der Waals surface area (Å²) in [5, 5.41) is 3.25. The summed E-state index contributed by atoms with van der Waals surface area (Å²) >= 11 is 6.00. The third-order valence-electron chi connectivity index (χ3n) is 3.13. The van der Waals surface area contributed by atoms with Crippen LogP contribution in [0.1, 0.15) is 10.4 Å². The number of amides is 1. The number of nitrogens with one attached hydrogen (secondary N) is 3. The van der Waals surface area contributed by atoms with Crippen molar-refractivity contribution in [2.75, 3.05) is 16.5 Å². The van der Waals surface area contributed by atoms with Crippen molar-refractivity contribution in [3.8, 4) is 0 Å². The molecular formula is C15H13ClN8O. The average molecular weight is 357 g/mol. The van der Waals surface area contributed by atoms with Gasteiger partial charge in [-0.3, -0.25) is 20.6 Å². The maximum Gasteiger partial charge on any atom is 0.269 e. The number of carbonyl (C=O) groups excluding carboxylic acids is 1. The van der Waals surface area contributed by atoms with Gasteiger partial charge in [-0.15, -0.1) is 0 Å². The number of carbonyl (C=O) groups is 1. The lowest BCUT2D eigenvalue weighted by Gasteiger charge is -2.13. The van der Waals surface area contributed by atoms with Gasteiger partial charge in [-0.2, -0.15) is 0 Å². The van der Waals surface area contributed by atoms with Gasteiger partial charge in [0.15, 0.2) is 16.8 Å². The number of nitrogens with two attached hydrogens (primary N) is 1. The monoisotopic (exact) mass is 356 g/mol. The van der Waals surface area contributed by atoms with Gasteiger partial charge in [0, 0.05) is 24.2 Å². The van der Waals surface area contributed by atoms with Crippen LogP contribution in [0.3, 0.4) is 0 Å². The molecule has 0 radical (unpaired) electrons. The maximum absolute atomic E-state index is 12.0. The molecule has 0 aliphatic rings. The molecule has 3 aromatic rings. The molecule has 25 heavy (non-hydrogen) atoms. The molecule has 126 valence electrons. The Morgan fingerprint density at radius 2 is 1.80 bits per heavy atom. The van der Waals surface area contributed by atoms with E-state index in [1.165, 1.54) is 18.7 Å². The smallest absolute Gasteiger partial charge is 0.269 e. The maximum atomic E-state index is 12.0. The van der Waals surface area contributed by atoms with E-state index in [1.807, 2.05) is 0 Å². The topological polar surface area (TPSA) is 131 Å². The largest absolute Gasteiger partial charge is 0.393 e. The fourth-order valence-corrected chi connectivity index (χ4v) is 2.06. The Bertz CT molecular complexity index is 890. The number of aromatic nitrogens is 4. The molecule has 1 amide bonds. The van der Waals surface area contributed by atoms with Gasteiger partial charge in [0.05, 0.1) is 5.69 Å². The van der Waals surface area contributed by atoms with Crippen LogP contribution in [0.4, 0.5) is 23.0 Å². The van der Waals surface area contributed by atoms with Crippen molar-refractivity contribution >= 4 is 40.5 Å². The van der Waals surface area contributed by atoms with E-state index in [9.17, 15) is 4.79 Å². The SMILES string of the molecule is Nc1c(NNC(=O)c2ccncc2)ncnc1Nc1cccnc1Cl. The van der Waals surface area contributed by atoms with Crippen molar-refractivity contribution < 1.29 is 4.79 Å². The highest BCUT2D eigenvalue weighted by Crippen LogP contribution is 2.27. The predicted octanol–water partition coefficient (Wildman–Crippen LogP) is 2.00. The third-order valence-corrected chi connectivity index (χ3v) is 3.43. The van der Waals surface area contributed by atoms with Crippen LogP contribution in [0.2, 0.25) is 5.15 Å². The van der Waals surface area contributed by atoms with Crippen LogP contribution in [-0.4, -0.2) is 25.8 Å². The van der Waals surface area contributed by atoms with Gasteiger partial charge in [-0.1, -0.05) is 11.6 Å². The molecule has 0 saturated heterocycles. The van der Waals surface area contributed by atoms with Gasteiger partial charge >= 0.3 is 0 Å². The molecule has 3 heterocycles. The van der Waals surface area contributed by atoms with E-state index < -0.39 is 0 Å². The van der Waals surface area contributed by atoms with Gasteiger partial charge in [-0.25, -0.2) is 15.0 Å². The number of nitrogens with zero attached hydrogens (tertiary/aromatic N) is 4. The standard InChI is InChI=1S/C15H13ClN8O/c16-12-10(2-1-5-19-12)22-13-11(17)14(21-8-20-13)23-24-15(25)9-3-6-18-7-4-9/h1-8H,17H2,(H,24,25)(H2,20,21,22,23). The Kier molecular flexibility index (Phi) is 4.86. The van der Waals surface area contributed by atoms with Crippen LogP contribution in [0.5, 0.6) is 0 Å². The molecule has 9 nitrogen and oxygen atoms in total. The predicted molar refractivity (Wildman–Crippen MR) is 94.3 cm³/mol. The zero-order valence-electron chi connectivity index (χ0n) is 12.8. The third kappa shape index (κ3) is 3.90. The van der Waals surface area contributed by atoms with E-state index in [0.717, 1.165) is 0 Å². The molecule has 5 N–H and O–H groups in total. The summed E-state index contributed by atoms with van der Waals surface area (Å²) in [6.45, 7) is 0. The first-order valence-corrected chi connectivity index (χ1v) is 7.47. The van der Waals surface area contributed by atoms with Crippen LogP contribution in [-0.2, 0) is 0 Å². The quantitative estimate of drug-likeness (QED) is 0.403. The fraction of sp³-hybridized carbons (Fsp3) is 0. The molecule has 0 aliphatic heterocycles. The summed E-state index contributed by atoms with van der Waals surface area (Å²) in [4.78, 5) is 27.9. The summed E-state index contributed by atoms with van der Waals surface area (Å²) in [6.07, 6.45) is 5.91. The van der Waals surface area contributed by atoms with Crippen LogP contribution in [0.15, 0.2) is 49.2 Å². The number of halogens is 1. The van der Waals surface area contributed by atoms with Crippen molar-refractivity contribution in [1.82, 2.24) is 25.4 Å². The Morgan fingerprint density at radius 1 is 1.04 bits per heavy atom. The molecule has 0 aromatic carbocycles. The molecule has 0 saturated carbocycles. The first-order valence-electron chi connectivity index (χ1n) is 7.09. The Labute approximate surface area is 147 Å². The normalized spacial score (nSPS) is 10.1. The highest BCUT2D eigenvalue weighted by molar-refractivity contribution is 6.32. The van der Waals surface area contributed by atoms with E-state index in [4.69, 9.17) is 17.3 Å². The number of hydrazine groups is 1. The first-order chi connectivity index (χ1) is 12.1. The molecule has 0 spiro atoms. The van der Waals surface area contributed by atoms with Crippen LogP contribution < -0.4 is 21.9 Å². The minimum absolute atomic E-state index is 0.206. The van der Waals surface area contributed by atoms with E-state index in [-0.39, 0.29) is 22.6 Å². The fourth-order valence-electron chi connectivity index (χ4n) is 1.89. The Balaban J connectivity index is 1.73. The summed E-state index contributed by atoms with van der Waals surface area (Å²) in [6, 6.07) is 6.62. The second kappa shape index (κ2) is 7.41. The highest BCUT2D eigenvalue weighted by atomic mass is 35.5. The first kappa shape index (κ1) is 16.4. The van der Waals surface area contributed by atoms with E-state index in [1.54, 1.807) is 30.5 Å².